The quantitative estimate of drug-likeness (QED) is 0.291. The third-order valence-electron chi connectivity index (χ3n) is 5.05. The van der Waals surface area contributed by atoms with Crippen LogP contribution < -0.4 is 4.90 Å². The van der Waals surface area contributed by atoms with E-state index in [4.69, 9.17) is 16.6 Å². The molecule has 4 rings (SSSR count). The fourth-order valence-corrected chi connectivity index (χ4v) is 4.61. The predicted octanol–water partition coefficient (Wildman–Crippen LogP) is 7.32. The molecule has 0 atom stereocenters. The Bertz CT molecular complexity index is 1230. The highest BCUT2D eigenvalue weighted by Crippen LogP contribution is 2.34. The highest BCUT2D eigenvalue weighted by Gasteiger charge is 2.20. The number of halogens is 1. The SMILES string of the molecule is CC(C)c1cccc2sc(N(Cc3ccccc3)C(=O)/C=C/c3ccccc3Cl)nc12. The van der Waals surface area contributed by atoms with Crippen LogP contribution in [0.15, 0.2) is 78.9 Å². The Kier molecular flexibility index (Phi) is 6.50. The molecule has 1 heterocycles. The van der Waals surface area contributed by atoms with E-state index >= 15 is 0 Å². The fraction of sp³-hybridized carbons (Fsp3) is 0.154. The number of nitrogens with zero attached hydrogens (tertiary/aromatic N) is 2. The summed E-state index contributed by atoms with van der Waals surface area (Å²) in [6, 6.07) is 23.7. The topological polar surface area (TPSA) is 33.2 Å². The Morgan fingerprint density at radius 2 is 1.77 bits per heavy atom. The third-order valence-corrected chi connectivity index (χ3v) is 6.44. The first-order valence-electron chi connectivity index (χ1n) is 10.2. The van der Waals surface area contributed by atoms with Crippen molar-refractivity contribution in [3.8, 4) is 0 Å². The van der Waals surface area contributed by atoms with Gasteiger partial charge in [-0.1, -0.05) is 97.4 Å². The Hall–Kier alpha value is -2.95. The van der Waals surface area contributed by atoms with Gasteiger partial charge in [-0.3, -0.25) is 9.69 Å². The Balaban J connectivity index is 1.72. The summed E-state index contributed by atoms with van der Waals surface area (Å²) in [6.45, 7) is 4.77. The normalized spacial score (nSPS) is 11.5. The van der Waals surface area contributed by atoms with Gasteiger partial charge in [-0.15, -0.1) is 0 Å². The van der Waals surface area contributed by atoms with Crippen LogP contribution in [0.4, 0.5) is 5.13 Å². The summed E-state index contributed by atoms with van der Waals surface area (Å²) >= 11 is 7.79. The summed E-state index contributed by atoms with van der Waals surface area (Å²) in [5.74, 6) is 0.228. The van der Waals surface area contributed by atoms with Crippen LogP contribution in [0.3, 0.4) is 0 Å². The molecule has 0 aliphatic heterocycles. The van der Waals surface area contributed by atoms with E-state index in [1.807, 2.05) is 54.6 Å². The van der Waals surface area contributed by atoms with Crippen molar-refractivity contribution in [1.82, 2.24) is 4.98 Å². The summed E-state index contributed by atoms with van der Waals surface area (Å²) in [7, 11) is 0. The second kappa shape index (κ2) is 9.46. The van der Waals surface area contributed by atoms with E-state index in [9.17, 15) is 4.79 Å². The summed E-state index contributed by atoms with van der Waals surface area (Å²) in [4.78, 5) is 19.9. The minimum atomic E-state index is -0.131. The molecule has 4 aromatic rings. The summed E-state index contributed by atoms with van der Waals surface area (Å²) in [6.07, 6.45) is 3.33. The maximum Gasteiger partial charge on any atom is 0.253 e. The number of amides is 1. The Labute approximate surface area is 191 Å². The summed E-state index contributed by atoms with van der Waals surface area (Å²) in [5, 5.41) is 1.31. The molecular weight excluding hydrogens is 424 g/mol. The van der Waals surface area contributed by atoms with Gasteiger partial charge in [0.05, 0.1) is 16.8 Å². The maximum absolute atomic E-state index is 13.3. The molecular formula is C26H23ClN2OS. The number of benzene rings is 3. The van der Waals surface area contributed by atoms with Gasteiger partial charge in [-0.05, 0) is 40.8 Å². The first kappa shape index (κ1) is 21.3. The molecule has 5 heteroatoms. The molecule has 1 amide bonds. The minimum Gasteiger partial charge on any atom is -0.280 e. The van der Waals surface area contributed by atoms with Crippen molar-refractivity contribution < 1.29 is 4.79 Å². The van der Waals surface area contributed by atoms with E-state index in [-0.39, 0.29) is 5.91 Å². The lowest BCUT2D eigenvalue weighted by atomic mass is 10.0. The zero-order valence-corrected chi connectivity index (χ0v) is 19.0. The minimum absolute atomic E-state index is 0.131. The number of para-hydroxylation sites is 1. The van der Waals surface area contributed by atoms with Crippen molar-refractivity contribution in [1.29, 1.82) is 0 Å². The van der Waals surface area contributed by atoms with Gasteiger partial charge in [0.2, 0.25) is 0 Å². The van der Waals surface area contributed by atoms with Crippen LogP contribution in [-0.2, 0) is 11.3 Å². The van der Waals surface area contributed by atoms with Gasteiger partial charge in [0, 0.05) is 11.1 Å². The lowest BCUT2D eigenvalue weighted by molar-refractivity contribution is -0.114. The number of anilines is 1. The van der Waals surface area contributed by atoms with Crippen LogP contribution in [0.2, 0.25) is 5.02 Å². The average molecular weight is 447 g/mol. The van der Waals surface area contributed by atoms with Crippen LogP contribution in [0.5, 0.6) is 0 Å². The van der Waals surface area contributed by atoms with E-state index in [0.717, 1.165) is 21.3 Å². The molecule has 156 valence electrons. The number of aromatic nitrogens is 1. The molecule has 3 nitrogen and oxygen atoms in total. The highest BCUT2D eigenvalue weighted by atomic mass is 35.5. The van der Waals surface area contributed by atoms with E-state index in [1.54, 1.807) is 28.4 Å². The van der Waals surface area contributed by atoms with Gasteiger partial charge in [-0.2, -0.15) is 0 Å². The molecule has 3 aromatic carbocycles. The van der Waals surface area contributed by atoms with Gasteiger partial charge in [-0.25, -0.2) is 4.98 Å². The lowest BCUT2D eigenvalue weighted by Gasteiger charge is -2.18. The zero-order chi connectivity index (χ0) is 21.8. The first-order chi connectivity index (χ1) is 15.0. The molecule has 0 radical (unpaired) electrons. The second-order valence-corrected chi connectivity index (χ2v) is 9.03. The number of rotatable bonds is 6. The van der Waals surface area contributed by atoms with Crippen LogP contribution >= 0.6 is 22.9 Å². The van der Waals surface area contributed by atoms with Crippen LogP contribution in [0.25, 0.3) is 16.3 Å². The number of hydrogen-bond donors (Lipinski definition) is 0. The molecule has 31 heavy (non-hydrogen) atoms. The number of thiazole rings is 1. The largest absolute Gasteiger partial charge is 0.280 e. The molecule has 0 bridgehead atoms. The van der Waals surface area contributed by atoms with Crippen molar-refractivity contribution in [2.24, 2.45) is 0 Å². The number of carbonyl (C=O) groups excluding carboxylic acids is 1. The number of fused-ring (bicyclic) bond motifs is 1. The number of carbonyl (C=O) groups is 1. The van der Waals surface area contributed by atoms with Gasteiger partial charge in [0.15, 0.2) is 5.13 Å². The molecule has 0 saturated heterocycles. The Morgan fingerprint density at radius 1 is 1.03 bits per heavy atom. The molecule has 0 N–H and O–H groups in total. The van der Waals surface area contributed by atoms with Gasteiger partial charge in [0.25, 0.3) is 5.91 Å². The van der Waals surface area contributed by atoms with E-state index in [2.05, 4.69) is 32.0 Å². The molecule has 0 aliphatic carbocycles. The molecule has 0 spiro atoms. The molecule has 0 aliphatic rings. The first-order valence-corrected chi connectivity index (χ1v) is 11.4. The molecule has 0 saturated carbocycles. The molecule has 1 aromatic heterocycles. The highest BCUT2D eigenvalue weighted by molar-refractivity contribution is 7.22. The third kappa shape index (κ3) is 4.87. The smallest absolute Gasteiger partial charge is 0.253 e. The van der Waals surface area contributed by atoms with Crippen molar-refractivity contribution in [2.45, 2.75) is 26.3 Å². The fourth-order valence-electron chi connectivity index (χ4n) is 3.41. The van der Waals surface area contributed by atoms with Crippen LogP contribution in [-0.4, -0.2) is 10.9 Å². The second-order valence-electron chi connectivity index (χ2n) is 7.61. The Morgan fingerprint density at radius 3 is 2.52 bits per heavy atom. The molecule has 0 unspecified atom stereocenters. The van der Waals surface area contributed by atoms with Crippen LogP contribution in [0, 0.1) is 0 Å². The van der Waals surface area contributed by atoms with Crippen LogP contribution in [0.1, 0.15) is 36.5 Å². The maximum atomic E-state index is 13.3. The molecule has 0 fully saturated rings. The van der Waals surface area contributed by atoms with Crippen molar-refractivity contribution in [3.63, 3.8) is 0 Å². The average Bonchev–Trinajstić information content (AvgIpc) is 3.21. The predicted molar refractivity (Wildman–Crippen MR) is 132 cm³/mol. The van der Waals surface area contributed by atoms with Crippen molar-refractivity contribution >= 4 is 50.3 Å². The number of hydrogen-bond acceptors (Lipinski definition) is 3. The zero-order valence-electron chi connectivity index (χ0n) is 17.5. The lowest BCUT2D eigenvalue weighted by Crippen LogP contribution is -2.28. The van der Waals surface area contributed by atoms with Gasteiger partial charge >= 0.3 is 0 Å². The van der Waals surface area contributed by atoms with E-state index < -0.39 is 0 Å². The standard InChI is InChI=1S/C26H23ClN2OS/c1-18(2)21-12-8-14-23-25(21)28-26(31-23)29(17-19-9-4-3-5-10-19)24(30)16-15-20-11-6-7-13-22(20)27/h3-16,18H,17H2,1-2H3/b16-15+. The van der Waals surface area contributed by atoms with Crippen molar-refractivity contribution in [3.05, 3.63) is 101 Å². The van der Waals surface area contributed by atoms with Gasteiger partial charge < -0.3 is 0 Å². The van der Waals surface area contributed by atoms with E-state index in [0.29, 0.717) is 22.6 Å². The monoisotopic (exact) mass is 446 g/mol. The van der Waals surface area contributed by atoms with E-state index in [1.165, 1.54) is 5.56 Å². The summed E-state index contributed by atoms with van der Waals surface area (Å²) in [5.41, 5.74) is 4.02. The van der Waals surface area contributed by atoms with Gasteiger partial charge in [0.1, 0.15) is 0 Å². The summed E-state index contributed by atoms with van der Waals surface area (Å²) < 4.78 is 1.09. The van der Waals surface area contributed by atoms with Crippen molar-refractivity contribution in [2.75, 3.05) is 4.90 Å².